The smallest absolute Gasteiger partial charge is 0.243 e. The number of aromatic amines is 1. The van der Waals surface area contributed by atoms with Crippen molar-refractivity contribution in [3.63, 3.8) is 0 Å². The van der Waals surface area contributed by atoms with E-state index in [2.05, 4.69) is 24.1 Å². The Morgan fingerprint density at radius 3 is 2.41 bits per heavy atom. The highest BCUT2D eigenvalue weighted by Crippen LogP contribution is 2.28. The number of carbonyl (C=O) groups is 2. The van der Waals surface area contributed by atoms with Crippen LogP contribution in [0.15, 0.2) is 60.7 Å². The summed E-state index contributed by atoms with van der Waals surface area (Å²) >= 11 is 0. The zero-order valence-corrected chi connectivity index (χ0v) is 24.1. The van der Waals surface area contributed by atoms with Crippen molar-refractivity contribution in [3.8, 4) is 5.75 Å². The quantitative estimate of drug-likeness (QED) is 0.254. The van der Waals surface area contributed by atoms with E-state index in [0.29, 0.717) is 37.5 Å². The number of nitrogens with zero attached hydrogens (tertiary/aromatic N) is 2. The molecule has 1 aromatic heterocycles. The Bertz CT molecular complexity index is 1520. The number of phenolic OH excluding ortho intramolecular Hbond substituents is 1. The minimum atomic E-state index is -0.834. The average molecular weight is 554 g/mol. The second-order valence-corrected chi connectivity index (χ2v) is 11.7. The van der Waals surface area contributed by atoms with Gasteiger partial charge < -0.3 is 26.0 Å². The van der Waals surface area contributed by atoms with E-state index < -0.39 is 12.1 Å². The van der Waals surface area contributed by atoms with E-state index >= 15 is 0 Å². The number of amides is 2. The number of rotatable bonds is 8. The molecule has 2 amide bonds. The highest BCUT2D eigenvalue weighted by atomic mass is 16.3. The van der Waals surface area contributed by atoms with Crippen molar-refractivity contribution >= 4 is 22.8 Å². The number of aromatic nitrogens is 2. The summed E-state index contributed by atoms with van der Waals surface area (Å²) in [4.78, 5) is 37.7. The van der Waals surface area contributed by atoms with E-state index in [4.69, 9.17) is 10.7 Å². The van der Waals surface area contributed by atoms with Gasteiger partial charge in [-0.15, -0.1) is 0 Å². The molecule has 0 aliphatic carbocycles. The van der Waals surface area contributed by atoms with Crippen molar-refractivity contribution in [2.45, 2.75) is 71.6 Å². The molecule has 214 valence electrons. The maximum atomic E-state index is 14.0. The van der Waals surface area contributed by atoms with Crippen LogP contribution in [0.2, 0.25) is 0 Å². The van der Waals surface area contributed by atoms with Crippen LogP contribution >= 0.6 is 0 Å². The molecule has 4 aromatic rings. The Kier molecular flexibility index (Phi) is 8.13. The van der Waals surface area contributed by atoms with Gasteiger partial charge in [0.2, 0.25) is 11.8 Å². The van der Waals surface area contributed by atoms with Gasteiger partial charge in [-0.25, -0.2) is 4.98 Å². The highest BCUT2D eigenvalue weighted by molar-refractivity contribution is 5.91. The molecule has 8 nitrogen and oxygen atoms in total. The lowest BCUT2D eigenvalue weighted by molar-refractivity contribution is -0.143. The van der Waals surface area contributed by atoms with Crippen molar-refractivity contribution in [3.05, 3.63) is 94.3 Å². The number of nitrogens with one attached hydrogen (secondary N) is 2. The summed E-state index contributed by atoms with van der Waals surface area (Å²) in [6.45, 7) is 8.34. The fourth-order valence-electron chi connectivity index (χ4n) is 5.92. The predicted octanol–water partition coefficient (Wildman–Crippen LogP) is 4.61. The van der Waals surface area contributed by atoms with E-state index in [1.165, 1.54) is 0 Å². The third-order valence-corrected chi connectivity index (χ3v) is 8.02. The third kappa shape index (κ3) is 6.12. The number of nitrogens with two attached hydrogens (primary N) is 1. The molecule has 3 atom stereocenters. The molecule has 0 spiro atoms. The minimum Gasteiger partial charge on any atom is -0.508 e. The molecule has 1 aliphatic heterocycles. The van der Waals surface area contributed by atoms with Crippen molar-refractivity contribution in [2.75, 3.05) is 0 Å². The van der Waals surface area contributed by atoms with Gasteiger partial charge in [0.1, 0.15) is 17.6 Å². The molecular formula is C33H39N5O3. The number of aryl methyl sites for hydroxylation is 2. The highest BCUT2D eigenvalue weighted by Gasteiger charge is 2.38. The zero-order valence-electron chi connectivity index (χ0n) is 24.1. The Morgan fingerprint density at radius 1 is 1.07 bits per heavy atom. The minimum absolute atomic E-state index is 0.188. The summed E-state index contributed by atoms with van der Waals surface area (Å²) < 4.78 is 0. The lowest BCUT2D eigenvalue weighted by Crippen LogP contribution is -2.57. The summed E-state index contributed by atoms with van der Waals surface area (Å²) in [5.74, 6) is 0.716. The Hall–Kier alpha value is -4.17. The van der Waals surface area contributed by atoms with Gasteiger partial charge in [-0.1, -0.05) is 50.2 Å². The van der Waals surface area contributed by atoms with Gasteiger partial charge in [0.25, 0.3) is 0 Å². The van der Waals surface area contributed by atoms with Gasteiger partial charge in [0.15, 0.2) is 0 Å². The molecule has 8 heteroatoms. The van der Waals surface area contributed by atoms with E-state index in [9.17, 15) is 14.7 Å². The molecule has 0 saturated heterocycles. The first-order valence-electron chi connectivity index (χ1n) is 14.3. The fraction of sp³-hybridized carbons (Fsp3) is 0.364. The largest absolute Gasteiger partial charge is 0.508 e. The van der Waals surface area contributed by atoms with Crippen LogP contribution < -0.4 is 11.1 Å². The molecule has 5 N–H and O–H groups in total. The number of phenols is 1. The van der Waals surface area contributed by atoms with Crippen molar-refractivity contribution in [2.24, 2.45) is 11.7 Å². The van der Waals surface area contributed by atoms with Crippen LogP contribution in [0.25, 0.3) is 11.0 Å². The van der Waals surface area contributed by atoms with Gasteiger partial charge in [-0.05, 0) is 84.7 Å². The molecule has 3 aromatic carbocycles. The third-order valence-electron chi connectivity index (χ3n) is 8.02. The van der Waals surface area contributed by atoms with E-state index in [-0.39, 0.29) is 23.6 Å². The summed E-state index contributed by atoms with van der Waals surface area (Å²) in [5.41, 5.74) is 13.1. The Morgan fingerprint density at radius 2 is 1.73 bits per heavy atom. The van der Waals surface area contributed by atoms with Crippen LogP contribution in [-0.2, 0) is 29.0 Å². The van der Waals surface area contributed by atoms with Crippen LogP contribution in [0, 0.1) is 19.8 Å². The lowest BCUT2D eigenvalue weighted by Gasteiger charge is -2.38. The molecule has 0 fully saturated rings. The van der Waals surface area contributed by atoms with Crippen LogP contribution in [0.3, 0.4) is 0 Å². The van der Waals surface area contributed by atoms with Crippen LogP contribution in [0.1, 0.15) is 60.0 Å². The molecule has 1 aliphatic rings. The first-order chi connectivity index (χ1) is 19.6. The van der Waals surface area contributed by atoms with Crippen LogP contribution in [0.4, 0.5) is 0 Å². The van der Waals surface area contributed by atoms with Crippen LogP contribution in [-0.4, -0.2) is 43.9 Å². The second kappa shape index (κ2) is 11.7. The summed E-state index contributed by atoms with van der Waals surface area (Å²) in [5, 5.41) is 13.2. The molecule has 0 saturated carbocycles. The number of imidazole rings is 1. The normalized spacial score (nSPS) is 16.4. The number of aromatic hydroxyl groups is 1. The Balaban J connectivity index is 1.42. The summed E-state index contributed by atoms with van der Waals surface area (Å²) in [7, 11) is 0. The molecule has 2 heterocycles. The summed E-state index contributed by atoms with van der Waals surface area (Å²) in [6, 6.07) is 17.2. The summed E-state index contributed by atoms with van der Waals surface area (Å²) in [6.07, 6.45) is 1.42. The maximum Gasteiger partial charge on any atom is 0.243 e. The number of para-hydroxylation sites is 2. The first kappa shape index (κ1) is 28.4. The molecule has 5 rings (SSSR count). The number of H-pyrrole nitrogens is 1. The number of fused-ring (bicyclic) bond motifs is 2. The van der Waals surface area contributed by atoms with E-state index in [1.54, 1.807) is 17.0 Å². The lowest BCUT2D eigenvalue weighted by atomic mass is 9.91. The molecule has 0 bridgehead atoms. The number of benzene rings is 3. The molecule has 0 unspecified atom stereocenters. The van der Waals surface area contributed by atoms with Crippen molar-refractivity contribution in [1.82, 2.24) is 20.2 Å². The fourth-order valence-corrected chi connectivity index (χ4v) is 5.92. The van der Waals surface area contributed by atoms with Gasteiger partial charge in [0, 0.05) is 13.0 Å². The van der Waals surface area contributed by atoms with Gasteiger partial charge in [-0.2, -0.15) is 0 Å². The number of hydrogen-bond acceptors (Lipinski definition) is 5. The standard InChI is InChI=1S/C33H39N5O3/c1-19(2)13-29(31-35-27-11-7-8-12-28(27)36-31)37-32(40)30-16-22-9-5-6-10-23(22)18-38(30)33(41)26(34)17-25-20(3)14-24(39)15-21(25)4/h5-12,14-15,19,26,29-30,39H,13,16-18,34H2,1-4H3,(H,35,36)(H,37,40)/t26-,29-,30-/m0/s1. The monoisotopic (exact) mass is 553 g/mol. The van der Waals surface area contributed by atoms with Crippen molar-refractivity contribution in [1.29, 1.82) is 0 Å². The molecule has 41 heavy (non-hydrogen) atoms. The predicted molar refractivity (Wildman–Crippen MR) is 160 cm³/mol. The van der Waals surface area contributed by atoms with Crippen LogP contribution in [0.5, 0.6) is 5.75 Å². The topological polar surface area (TPSA) is 124 Å². The van der Waals surface area contributed by atoms with E-state index in [0.717, 1.165) is 38.9 Å². The van der Waals surface area contributed by atoms with Crippen molar-refractivity contribution < 1.29 is 14.7 Å². The number of carbonyl (C=O) groups excluding carboxylic acids is 2. The molecule has 0 radical (unpaired) electrons. The number of hydrogen-bond donors (Lipinski definition) is 4. The first-order valence-corrected chi connectivity index (χ1v) is 14.3. The zero-order chi connectivity index (χ0) is 29.3. The maximum absolute atomic E-state index is 14.0. The Labute approximate surface area is 241 Å². The second-order valence-electron chi connectivity index (χ2n) is 11.7. The average Bonchev–Trinajstić information content (AvgIpc) is 3.37. The molecular weight excluding hydrogens is 514 g/mol. The van der Waals surface area contributed by atoms with Gasteiger partial charge >= 0.3 is 0 Å². The van der Waals surface area contributed by atoms with Gasteiger partial charge in [-0.3, -0.25) is 9.59 Å². The van der Waals surface area contributed by atoms with Gasteiger partial charge in [0.05, 0.1) is 23.1 Å². The SMILES string of the molecule is Cc1cc(O)cc(C)c1C[C@H](N)C(=O)N1Cc2ccccc2C[C@H]1C(=O)N[C@@H](CC(C)C)c1nc2ccccc2[nH]1. The van der Waals surface area contributed by atoms with E-state index in [1.807, 2.05) is 62.4 Å².